The fourth-order valence-corrected chi connectivity index (χ4v) is 1.55. The third kappa shape index (κ3) is 3.45. The Morgan fingerprint density at radius 2 is 2.11 bits per heavy atom. The number of hydrogen-bond acceptors (Lipinski definition) is 2. The van der Waals surface area contributed by atoms with Crippen molar-refractivity contribution in [2.24, 2.45) is 0 Å². The SMILES string of the molecule is Cc1ccc(NC(=O)c2cccnc2)cc1Cl.Cl. The molecule has 0 fully saturated rings. The normalized spacial score (nSPS) is 9.44. The zero-order chi connectivity index (χ0) is 12.3. The van der Waals surface area contributed by atoms with E-state index < -0.39 is 0 Å². The average molecular weight is 283 g/mol. The van der Waals surface area contributed by atoms with Crippen LogP contribution in [0.3, 0.4) is 0 Å². The van der Waals surface area contributed by atoms with Gasteiger partial charge in [-0.15, -0.1) is 12.4 Å². The molecule has 3 nitrogen and oxygen atoms in total. The third-order valence-electron chi connectivity index (χ3n) is 2.35. The number of hydrogen-bond donors (Lipinski definition) is 1. The van der Waals surface area contributed by atoms with Crippen molar-refractivity contribution in [2.75, 3.05) is 5.32 Å². The minimum atomic E-state index is -0.196. The van der Waals surface area contributed by atoms with E-state index in [4.69, 9.17) is 11.6 Å². The third-order valence-corrected chi connectivity index (χ3v) is 2.76. The van der Waals surface area contributed by atoms with Crippen molar-refractivity contribution in [3.63, 3.8) is 0 Å². The van der Waals surface area contributed by atoms with E-state index in [0.717, 1.165) is 5.56 Å². The Kier molecular flexibility index (Phi) is 5.13. The minimum Gasteiger partial charge on any atom is -0.322 e. The first kappa shape index (κ1) is 14.5. The quantitative estimate of drug-likeness (QED) is 0.912. The number of aromatic nitrogens is 1. The molecule has 2 aromatic rings. The molecule has 0 aliphatic carbocycles. The molecule has 1 amide bonds. The Bertz CT molecular complexity index is 544. The second kappa shape index (κ2) is 6.38. The van der Waals surface area contributed by atoms with Crippen molar-refractivity contribution < 1.29 is 4.79 Å². The number of nitrogens with zero attached hydrogens (tertiary/aromatic N) is 1. The molecular weight excluding hydrogens is 271 g/mol. The Morgan fingerprint density at radius 1 is 1.33 bits per heavy atom. The van der Waals surface area contributed by atoms with E-state index in [-0.39, 0.29) is 18.3 Å². The molecule has 1 aromatic carbocycles. The van der Waals surface area contributed by atoms with Gasteiger partial charge in [0.25, 0.3) is 5.91 Å². The van der Waals surface area contributed by atoms with Gasteiger partial charge in [-0.1, -0.05) is 17.7 Å². The zero-order valence-electron chi connectivity index (χ0n) is 9.68. The van der Waals surface area contributed by atoms with Gasteiger partial charge in [0.15, 0.2) is 0 Å². The maximum Gasteiger partial charge on any atom is 0.257 e. The first-order chi connectivity index (χ1) is 8.16. The van der Waals surface area contributed by atoms with Crippen LogP contribution in [0.1, 0.15) is 15.9 Å². The van der Waals surface area contributed by atoms with Crippen LogP contribution in [0, 0.1) is 6.92 Å². The molecule has 0 atom stereocenters. The summed E-state index contributed by atoms with van der Waals surface area (Å²) < 4.78 is 0. The highest BCUT2D eigenvalue weighted by Gasteiger charge is 2.06. The van der Waals surface area contributed by atoms with Gasteiger partial charge in [0, 0.05) is 23.1 Å². The van der Waals surface area contributed by atoms with Gasteiger partial charge in [0.2, 0.25) is 0 Å². The molecule has 0 saturated heterocycles. The molecule has 18 heavy (non-hydrogen) atoms. The van der Waals surface area contributed by atoms with Crippen LogP contribution >= 0.6 is 24.0 Å². The lowest BCUT2D eigenvalue weighted by molar-refractivity contribution is 0.102. The number of halogens is 2. The molecule has 1 aromatic heterocycles. The Morgan fingerprint density at radius 3 is 2.72 bits per heavy atom. The van der Waals surface area contributed by atoms with Crippen molar-refractivity contribution in [3.05, 3.63) is 58.9 Å². The highest BCUT2D eigenvalue weighted by atomic mass is 35.5. The van der Waals surface area contributed by atoms with Crippen molar-refractivity contribution in [1.29, 1.82) is 0 Å². The fourth-order valence-electron chi connectivity index (χ4n) is 1.37. The van der Waals surface area contributed by atoms with Crippen LogP contribution in [-0.4, -0.2) is 10.9 Å². The molecule has 0 unspecified atom stereocenters. The van der Waals surface area contributed by atoms with E-state index in [0.29, 0.717) is 16.3 Å². The van der Waals surface area contributed by atoms with E-state index in [2.05, 4.69) is 10.3 Å². The summed E-state index contributed by atoms with van der Waals surface area (Å²) in [5, 5.41) is 3.40. The molecule has 2 rings (SSSR count). The Labute approximate surface area is 117 Å². The Balaban J connectivity index is 0.00000162. The summed E-state index contributed by atoms with van der Waals surface area (Å²) in [7, 11) is 0. The van der Waals surface area contributed by atoms with E-state index in [1.54, 1.807) is 24.4 Å². The molecule has 0 saturated carbocycles. The van der Waals surface area contributed by atoms with Crippen LogP contribution in [-0.2, 0) is 0 Å². The molecule has 0 aliphatic heterocycles. The van der Waals surface area contributed by atoms with Crippen molar-refractivity contribution in [1.82, 2.24) is 4.98 Å². The summed E-state index contributed by atoms with van der Waals surface area (Å²) >= 11 is 5.98. The number of aryl methyl sites for hydroxylation is 1. The number of rotatable bonds is 2. The number of benzene rings is 1. The average Bonchev–Trinajstić information content (AvgIpc) is 2.35. The summed E-state index contributed by atoms with van der Waals surface area (Å²) in [6.45, 7) is 1.91. The maximum absolute atomic E-state index is 11.8. The molecule has 0 bridgehead atoms. The van der Waals surface area contributed by atoms with E-state index >= 15 is 0 Å². The number of carbonyl (C=O) groups excluding carboxylic acids is 1. The summed E-state index contributed by atoms with van der Waals surface area (Å²) in [5.74, 6) is -0.196. The van der Waals surface area contributed by atoms with Crippen molar-refractivity contribution in [3.8, 4) is 0 Å². The monoisotopic (exact) mass is 282 g/mol. The van der Waals surface area contributed by atoms with Crippen LogP contribution < -0.4 is 5.32 Å². The summed E-state index contributed by atoms with van der Waals surface area (Å²) in [6, 6.07) is 8.83. The van der Waals surface area contributed by atoms with Crippen LogP contribution in [0.25, 0.3) is 0 Å². The second-order valence-corrected chi connectivity index (χ2v) is 4.07. The number of amides is 1. The molecule has 0 aliphatic rings. The van der Waals surface area contributed by atoms with Crippen LogP contribution in [0.4, 0.5) is 5.69 Å². The number of anilines is 1. The number of carbonyl (C=O) groups is 1. The topological polar surface area (TPSA) is 42.0 Å². The zero-order valence-corrected chi connectivity index (χ0v) is 11.3. The lowest BCUT2D eigenvalue weighted by atomic mass is 10.2. The van der Waals surface area contributed by atoms with E-state index in [1.165, 1.54) is 6.20 Å². The predicted molar refractivity (Wildman–Crippen MR) is 75.6 cm³/mol. The summed E-state index contributed by atoms with van der Waals surface area (Å²) in [6.07, 6.45) is 3.14. The van der Waals surface area contributed by atoms with Crippen molar-refractivity contribution >= 4 is 35.6 Å². The molecule has 0 radical (unpaired) electrons. The lowest BCUT2D eigenvalue weighted by Crippen LogP contribution is -2.11. The van der Waals surface area contributed by atoms with Gasteiger partial charge in [0.1, 0.15) is 0 Å². The molecule has 0 spiro atoms. The first-order valence-corrected chi connectivity index (χ1v) is 5.52. The highest BCUT2D eigenvalue weighted by Crippen LogP contribution is 2.20. The highest BCUT2D eigenvalue weighted by molar-refractivity contribution is 6.31. The molecular formula is C13H12Cl2N2O. The standard InChI is InChI=1S/C13H11ClN2O.ClH/c1-9-4-5-11(7-12(9)14)16-13(17)10-3-2-6-15-8-10;/h2-8H,1H3,(H,16,17);1H. The van der Waals surface area contributed by atoms with Gasteiger partial charge >= 0.3 is 0 Å². The summed E-state index contributed by atoms with van der Waals surface area (Å²) in [5.41, 5.74) is 2.17. The van der Waals surface area contributed by atoms with Gasteiger partial charge in [-0.05, 0) is 36.8 Å². The molecule has 1 N–H and O–H groups in total. The maximum atomic E-state index is 11.8. The summed E-state index contributed by atoms with van der Waals surface area (Å²) in [4.78, 5) is 15.7. The van der Waals surface area contributed by atoms with E-state index in [1.807, 2.05) is 19.1 Å². The van der Waals surface area contributed by atoms with Gasteiger partial charge in [-0.3, -0.25) is 9.78 Å². The molecule has 94 valence electrons. The molecule has 5 heteroatoms. The van der Waals surface area contributed by atoms with Crippen LogP contribution in [0.2, 0.25) is 5.02 Å². The minimum absolute atomic E-state index is 0. The molecule has 1 heterocycles. The van der Waals surface area contributed by atoms with Gasteiger partial charge < -0.3 is 5.32 Å². The Hall–Kier alpha value is -1.58. The lowest BCUT2D eigenvalue weighted by Gasteiger charge is -2.06. The largest absolute Gasteiger partial charge is 0.322 e. The number of pyridine rings is 1. The van der Waals surface area contributed by atoms with Gasteiger partial charge in [-0.2, -0.15) is 0 Å². The van der Waals surface area contributed by atoms with E-state index in [9.17, 15) is 4.79 Å². The number of nitrogens with one attached hydrogen (secondary N) is 1. The van der Waals surface area contributed by atoms with Crippen LogP contribution in [0.5, 0.6) is 0 Å². The van der Waals surface area contributed by atoms with Gasteiger partial charge in [0.05, 0.1) is 5.56 Å². The van der Waals surface area contributed by atoms with Crippen molar-refractivity contribution in [2.45, 2.75) is 6.92 Å². The smallest absolute Gasteiger partial charge is 0.257 e. The first-order valence-electron chi connectivity index (χ1n) is 5.14. The predicted octanol–water partition coefficient (Wildman–Crippen LogP) is 3.72. The fraction of sp³-hybridized carbons (Fsp3) is 0.0769. The second-order valence-electron chi connectivity index (χ2n) is 3.66. The van der Waals surface area contributed by atoms with Crippen LogP contribution in [0.15, 0.2) is 42.7 Å². The van der Waals surface area contributed by atoms with Gasteiger partial charge in [-0.25, -0.2) is 0 Å².